The van der Waals surface area contributed by atoms with Crippen LogP contribution in [-0.2, 0) is 4.79 Å². The second kappa shape index (κ2) is 7.09. The molecular weight excluding hydrogens is 316 g/mol. The van der Waals surface area contributed by atoms with Gasteiger partial charge >= 0.3 is 0 Å². The molecule has 2 aromatic rings. The Bertz CT molecular complexity index is 765. The lowest BCUT2D eigenvalue weighted by molar-refractivity contribution is -0.125. The van der Waals surface area contributed by atoms with Gasteiger partial charge in [-0.2, -0.15) is 0 Å². The SMILES string of the molecule is COc1ccccc1NC(=O)C1(C)CCCN(c2ccnc(C)n2)C1. The highest BCUT2D eigenvalue weighted by atomic mass is 16.5. The van der Waals surface area contributed by atoms with E-state index in [1.807, 2.05) is 44.2 Å². The van der Waals surface area contributed by atoms with Crippen LogP contribution in [0.5, 0.6) is 5.75 Å². The standard InChI is InChI=1S/C19H24N4O2/c1-14-20-11-9-17(21-14)23-12-6-10-19(2,13-23)18(24)22-15-7-4-5-8-16(15)25-3/h4-5,7-9,11H,6,10,12-13H2,1-3H3,(H,22,24). The summed E-state index contributed by atoms with van der Waals surface area (Å²) in [7, 11) is 1.60. The minimum absolute atomic E-state index is 0.00692. The van der Waals surface area contributed by atoms with Gasteiger partial charge < -0.3 is 15.0 Å². The van der Waals surface area contributed by atoms with Crippen molar-refractivity contribution >= 4 is 17.4 Å². The van der Waals surface area contributed by atoms with Crippen molar-refractivity contribution in [3.05, 3.63) is 42.4 Å². The first-order chi connectivity index (χ1) is 12.0. The van der Waals surface area contributed by atoms with E-state index in [1.54, 1.807) is 13.3 Å². The van der Waals surface area contributed by atoms with Gasteiger partial charge in [-0.15, -0.1) is 0 Å². The Labute approximate surface area is 148 Å². The molecule has 1 fully saturated rings. The molecule has 1 aliphatic heterocycles. The van der Waals surface area contributed by atoms with E-state index in [9.17, 15) is 4.79 Å². The molecule has 0 radical (unpaired) electrons. The molecule has 1 atom stereocenters. The molecule has 3 rings (SSSR count). The smallest absolute Gasteiger partial charge is 0.232 e. The van der Waals surface area contributed by atoms with E-state index in [1.165, 1.54) is 0 Å². The van der Waals surface area contributed by atoms with E-state index >= 15 is 0 Å². The van der Waals surface area contributed by atoms with Crippen LogP contribution in [-0.4, -0.2) is 36.1 Å². The van der Waals surface area contributed by atoms with Gasteiger partial charge in [-0.1, -0.05) is 12.1 Å². The predicted octanol–water partition coefficient (Wildman–Crippen LogP) is 3.04. The summed E-state index contributed by atoms with van der Waals surface area (Å²) >= 11 is 0. The summed E-state index contributed by atoms with van der Waals surface area (Å²) in [4.78, 5) is 23.8. The number of carbonyl (C=O) groups excluding carboxylic acids is 1. The molecule has 0 bridgehead atoms. The number of hydrogen-bond acceptors (Lipinski definition) is 5. The number of piperidine rings is 1. The highest BCUT2D eigenvalue weighted by Gasteiger charge is 2.38. The molecule has 6 heteroatoms. The molecule has 0 aliphatic carbocycles. The minimum atomic E-state index is -0.488. The molecule has 1 unspecified atom stereocenters. The van der Waals surface area contributed by atoms with Gasteiger partial charge in [0.2, 0.25) is 5.91 Å². The van der Waals surface area contributed by atoms with Crippen LogP contribution in [0.2, 0.25) is 0 Å². The highest BCUT2D eigenvalue weighted by molar-refractivity contribution is 5.96. The molecule has 1 N–H and O–H groups in total. The molecule has 6 nitrogen and oxygen atoms in total. The predicted molar refractivity (Wildman–Crippen MR) is 97.9 cm³/mol. The second-order valence-electron chi connectivity index (χ2n) is 6.70. The number of nitrogens with zero attached hydrogens (tertiary/aromatic N) is 3. The minimum Gasteiger partial charge on any atom is -0.495 e. The van der Waals surface area contributed by atoms with E-state index in [4.69, 9.17) is 4.74 Å². The molecular formula is C19H24N4O2. The van der Waals surface area contributed by atoms with Crippen LogP contribution in [0.15, 0.2) is 36.5 Å². The zero-order valence-electron chi connectivity index (χ0n) is 15.0. The number of methoxy groups -OCH3 is 1. The fourth-order valence-electron chi connectivity index (χ4n) is 3.26. The van der Waals surface area contributed by atoms with Gasteiger partial charge in [-0.3, -0.25) is 4.79 Å². The topological polar surface area (TPSA) is 67.3 Å². The third-order valence-corrected chi connectivity index (χ3v) is 4.69. The number of aromatic nitrogens is 2. The van der Waals surface area contributed by atoms with E-state index in [0.717, 1.165) is 31.0 Å². The van der Waals surface area contributed by atoms with E-state index < -0.39 is 5.41 Å². The molecule has 25 heavy (non-hydrogen) atoms. The summed E-state index contributed by atoms with van der Waals surface area (Å²) in [6, 6.07) is 9.37. The highest BCUT2D eigenvalue weighted by Crippen LogP contribution is 2.34. The molecule has 1 amide bonds. The Morgan fingerprint density at radius 3 is 2.88 bits per heavy atom. The summed E-state index contributed by atoms with van der Waals surface area (Å²) < 4.78 is 5.33. The fraction of sp³-hybridized carbons (Fsp3) is 0.421. The van der Waals surface area contributed by atoms with Gasteiger partial charge in [-0.05, 0) is 44.9 Å². The van der Waals surface area contributed by atoms with Crippen molar-refractivity contribution in [1.82, 2.24) is 9.97 Å². The molecule has 132 valence electrons. The Balaban J connectivity index is 1.77. The van der Waals surface area contributed by atoms with Crippen LogP contribution in [0.4, 0.5) is 11.5 Å². The Kier molecular flexibility index (Phi) is 4.88. The van der Waals surface area contributed by atoms with Gasteiger partial charge in [0.25, 0.3) is 0 Å². The van der Waals surface area contributed by atoms with Gasteiger partial charge in [0, 0.05) is 19.3 Å². The third kappa shape index (κ3) is 3.73. The second-order valence-corrected chi connectivity index (χ2v) is 6.70. The maximum Gasteiger partial charge on any atom is 0.232 e. The van der Waals surface area contributed by atoms with Crippen LogP contribution in [0.3, 0.4) is 0 Å². The third-order valence-electron chi connectivity index (χ3n) is 4.69. The van der Waals surface area contributed by atoms with E-state index in [2.05, 4.69) is 20.2 Å². The number of carbonyl (C=O) groups is 1. The average Bonchev–Trinajstić information content (AvgIpc) is 2.62. The Morgan fingerprint density at radius 1 is 1.32 bits per heavy atom. The van der Waals surface area contributed by atoms with Crippen molar-refractivity contribution in [3.63, 3.8) is 0 Å². The summed E-state index contributed by atoms with van der Waals surface area (Å²) in [5, 5.41) is 3.03. The van der Waals surface area contributed by atoms with Gasteiger partial charge in [0.1, 0.15) is 17.4 Å². The molecule has 2 heterocycles. The average molecular weight is 340 g/mol. The normalized spacial score (nSPS) is 20.2. The quantitative estimate of drug-likeness (QED) is 0.926. The number of amides is 1. The van der Waals surface area contributed by atoms with E-state index in [0.29, 0.717) is 18.0 Å². The fourth-order valence-corrected chi connectivity index (χ4v) is 3.26. The summed E-state index contributed by atoms with van der Waals surface area (Å²) in [5.74, 6) is 2.29. The molecule has 1 saturated heterocycles. The largest absolute Gasteiger partial charge is 0.495 e. The molecule has 1 aromatic carbocycles. The number of hydrogen-bond donors (Lipinski definition) is 1. The number of para-hydroxylation sites is 2. The summed E-state index contributed by atoms with van der Waals surface area (Å²) in [6.07, 6.45) is 3.55. The lowest BCUT2D eigenvalue weighted by Crippen LogP contribution is -2.48. The maximum atomic E-state index is 13.0. The number of nitrogens with one attached hydrogen (secondary N) is 1. The van der Waals surface area contributed by atoms with Crippen molar-refractivity contribution in [2.75, 3.05) is 30.4 Å². The van der Waals surface area contributed by atoms with Crippen LogP contribution >= 0.6 is 0 Å². The zero-order valence-corrected chi connectivity index (χ0v) is 15.0. The van der Waals surface area contributed by atoms with Crippen molar-refractivity contribution in [1.29, 1.82) is 0 Å². The molecule has 0 saturated carbocycles. The zero-order chi connectivity index (χ0) is 17.9. The molecule has 0 spiro atoms. The molecule has 1 aromatic heterocycles. The van der Waals surface area contributed by atoms with Crippen LogP contribution in [0.25, 0.3) is 0 Å². The van der Waals surface area contributed by atoms with Crippen molar-refractivity contribution < 1.29 is 9.53 Å². The Morgan fingerprint density at radius 2 is 2.12 bits per heavy atom. The van der Waals surface area contributed by atoms with Gasteiger partial charge in [0.15, 0.2) is 0 Å². The maximum absolute atomic E-state index is 13.0. The first-order valence-electron chi connectivity index (χ1n) is 8.51. The number of ether oxygens (including phenoxy) is 1. The van der Waals surface area contributed by atoms with Crippen LogP contribution < -0.4 is 15.0 Å². The first-order valence-corrected chi connectivity index (χ1v) is 8.51. The number of anilines is 2. The monoisotopic (exact) mass is 340 g/mol. The number of rotatable bonds is 4. The number of benzene rings is 1. The first kappa shape index (κ1) is 17.2. The molecule has 1 aliphatic rings. The lowest BCUT2D eigenvalue weighted by Gasteiger charge is -2.40. The van der Waals surface area contributed by atoms with Crippen LogP contribution in [0.1, 0.15) is 25.6 Å². The lowest BCUT2D eigenvalue weighted by atomic mass is 9.81. The summed E-state index contributed by atoms with van der Waals surface area (Å²) in [6.45, 7) is 5.41. The number of aryl methyl sites for hydroxylation is 1. The van der Waals surface area contributed by atoms with Crippen molar-refractivity contribution in [3.8, 4) is 5.75 Å². The van der Waals surface area contributed by atoms with Gasteiger partial charge in [-0.25, -0.2) is 9.97 Å². The van der Waals surface area contributed by atoms with Crippen LogP contribution in [0, 0.1) is 12.3 Å². The summed E-state index contributed by atoms with van der Waals surface area (Å²) in [5.41, 5.74) is 0.212. The van der Waals surface area contributed by atoms with Crippen molar-refractivity contribution in [2.24, 2.45) is 5.41 Å². The van der Waals surface area contributed by atoms with E-state index in [-0.39, 0.29) is 5.91 Å². The van der Waals surface area contributed by atoms with Crippen molar-refractivity contribution in [2.45, 2.75) is 26.7 Å². The van der Waals surface area contributed by atoms with Gasteiger partial charge in [0.05, 0.1) is 18.2 Å². The Hall–Kier alpha value is -2.63.